The molecule has 0 radical (unpaired) electrons. The van der Waals surface area contributed by atoms with Crippen molar-refractivity contribution in [3.63, 3.8) is 0 Å². The summed E-state index contributed by atoms with van der Waals surface area (Å²) >= 11 is 0. The number of carboxylic acid groups (broad SMARTS) is 1. The van der Waals surface area contributed by atoms with Gasteiger partial charge in [-0.3, -0.25) is 24.0 Å². The molecule has 1 unspecified atom stereocenters. The normalized spacial score (nSPS) is 39.8. The van der Waals surface area contributed by atoms with Crippen molar-refractivity contribution in [1.29, 1.82) is 0 Å². The Hall–Kier alpha value is -2.75. The molecule has 5 fully saturated rings. The average Bonchev–Trinajstić information content (AvgIpc) is 3.38. The fourth-order valence-corrected chi connectivity index (χ4v) is 14.1. The van der Waals surface area contributed by atoms with Crippen LogP contribution in [-0.4, -0.2) is 78.4 Å². The molecular formula is C46H73N3O7. The zero-order chi connectivity index (χ0) is 41.8. The molecule has 2 amide bonds. The van der Waals surface area contributed by atoms with Gasteiger partial charge in [0.15, 0.2) is 5.78 Å². The number of nitrogens with one attached hydrogen (secondary N) is 2. The van der Waals surface area contributed by atoms with E-state index < -0.39 is 34.2 Å². The number of allylic oxidation sites excluding steroid dienone is 1. The lowest BCUT2D eigenvalue weighted by Crippen LogP contribution is -2.67. The Labute approximate surface area is 336 Å². The lowest BCUT2D eigenvalue weighted by Gasteiger charge is -2.72. The Morgan fingerprint density at radius 2 is 1.52 bits per heavy atom. The molecule has 10 nitrogen and oxygen atoms in total. The van der Waals surface area contributed by atoms with E-state index >= 15 is 0 Å². The first-order valence-corrected chi connectivity index (χ1v) is 21.7. The number of fused-ring (bicyclic) bond motifs is 7. The van der Waals surface area contributed by atoms with Gasteiger partial charge in [0.1, 0.15) is 11.6 Å². The van der Waals surface area contributed by atoms with Crippen molar-refractivity contribution in [2.24, 2.45) is 68.0 Å². The van der Waals surface area contributed by atoms with E-state index in [4.69, 9.17) is 4.74 Å². The van der Waals surface area contributed by atoms with Gasteiger partial charge < -0.3 is 25.4 Å². The van der Waals surface area contributed by atoms with Crippen LogP contribution in [0.3, 0.4) is 0 Å². The average molecular weight is 780 g/mol. The fourth-order valence-electron chi connectivity index (χ4n) is 14.1. The topological polar surface area (TPSA) is 142 Å². The molecule has 10 heteroatoms. The molecule has 10 atom stereocenters. The third-order valence-corrected chi connectivity index (χ3v) is 17.8. The molecule has 3 N–H and O–H groups in total. The summed E-state index contributed by atoms with van der Waals surface area (Å²) in [6.07, 6.45) is 7.44. The van der Waals surface area contributed by atoms with Crippen LogP contribution in [0, 0.1) is 68.0 Å². The number of hydrogen-bond donors (Lipinski definition) is 3. The Morgan fingerprint density at radius 1 is 0.857 bits per heavy atom. The summed E-state index contributed by atoms with van der Waals surface area (Å²) in [5.74, 6) is -1.48. The van der Waals surface area contributed by atoms with Crippen LogP contribution in [0.5, 0.6) is 0 Å². The molecule has 0 spiro atoms. The van der Waals surface area contributed by atoms with E-state index in [1.165, 1.54) is 0 Å². The van der Waals surface area contributed by atoms with E-state index in [0.717, 1.165) is 56.1 Å². The van der Waals surface area contributed by atoms with E-state index in [-0.39, 0.29) is 69.6 Å². The van der Waals surface area contributed by atoms with Crippen LogP contribution in [-0.2, 0) is 28.7 Å². The summed E-state index contributed by atoms with van der Waals surface area (Å²) < 4.78 is 6.40. The molecule has 0 aromatic carbocycles. The number of ether oxygens (including phenoxy) is 1. The summed E-state index contributed by atoms with van der Waals surface area (Å²) in [6, 6.07) is 0. The highest BCUT2D eigenvalue weighted by Gasteiger charge is 2.71. The number of likely N-dealkylation sites (N-methyl/N-ethyl adjacent to an activating group) is 1. The van der Waals surface area contributed by atoms with Gasteiger partial charge in [-0.2, -0.15) is 0 Å². The highest BCUT2D eigenvalue weighted by atomic mass is 16.5. The zero-order valence-electron chi connectivity index (χ0n) is 36.9. The smallest absolute Gasteiger partial charge is 0.309 e. The van der Waals surface area contributed by atoms with Crippen molar-refractivity contribution < 1.29 is 33.8 Å². The van der Waals surface area contributed by atoms with Crippen LogP contribution in [0.4, 0.5) is 0 Å². The van der Waals surface area contributed by atoms with E-state index in [1.54, 1.807) is 13.8 Å². The molecule has 6 aliphatic rings. The Morgan fingerprint density at radius 3 is 2.11 bits per heavy atom. The predicted molar refractivity (Wildman–Crippen MR) is 216 cm³/mol. The van der Waals surface area contributed by atoms with Gasteiger partial charge in [-0.1, -0.05) is 62.3 Å². The number of ketones is 1. The first-order valence-electron chi connectivity index (χ1n) is 21.7. The minimum absolute atomic E-state index is 0.00466. The van der Waals surface area contributed by atoms with Crippen molar-refractivity contribution >= 4 is 29.5 Å². The number of rotatable bonds is 10. The molecule has 0 aromatic heterocycles. The maximum atomic E-state index is 14.8. The molecule has 0 bridgehead atoms. The largest absolute Gasteiger partial charge is 0.481 e. The second kappa shape index (κ2) is 13.9. The molecule has 0 saturated heterocycles. The molecule has 0 aliphatic heterocycles. The molecule has 6 aliphatic carbocycles. The van der Waals surface area contributed by atoms with E-state index in [0.29, 0.717) is 37.8 Å². The summed E-state index contributed by atoms with van der Waals surface area (Å²) in [6.45, 7) is 24.7. The summed E-state index contributed by atoms with van der Waals surface area (Å²) in [5.41, 5.74) is -1.19. The monoisotopic (exact) mass is 780 g/mol. The number of esters is 1. The van der Waals surface area contributed by atoms with E-state index in [9.17, 15) is 29.1 Å². The second-order valence-corrected chi connectivity index (χ2v) is 22.2. The molecule has 314 valence electrons. The molecule has 0 heterocycles. The fraction of sp³-hybridized carbons (Fsp3) is 0.848. The number of hydrogen-bond acceptors (Lipinski definition) is 7. The zero-order valence-corrected chi connectivity index (χ0v) is 36.9. The van der Waals surface area contributed by atoms with Crippen LogP contribution in [0.2, 0.25) is 0 Å². The third kappa shape index (κ3) is 6.22. The van der Waals surface area contributed by atoms with Gasteiger partial charge in [-0.05, 0) is 142 Å². The van der Waals surface area contributed by atoms with Gasteiger partial charge in [0, 0.05) is 24.9 Å². The molecule has 56 heavy (non-hydrogen) atoms. The van der Waals surface area contributed by atoms with Crippen LogP contribution in [0.1, 0.15) is 140 Å². The van der Waals surface area contributed by atoms with E-state index in [1.807, 2.05) is 32.8 Å². The van der Waals surface area contributed by atoms with Gasteiger partial charge >= 0.3 is 11.9 Å². The second-order valence-electron chi connectivity index (χ2n) is 22.2. The van der Waals surface area contributed by atoms with Crippen molar-refractivity contribution in [2.75, 3.05) is 27.2 Å². The summed E-state index contributed by atoms with van der Waals surface area (Å²) in [4.78, 5) is 69.7. The number of carboxylic acids is 1. The molecule has 6 rings (SSSR count). The van der Waals surface area contributed by atoms with Crippen molar-refractivity contribution in [1.82, 2.24) is 15.5 Å². The van der Waals surface area contributed by atoms with Gasteiger partial charge in [-0.25, -0.2) is 0 Å². The van der Waals surface area contributed by atoms with Crippen molar-refractivity contribution in [3.05, 3.63) is 11.1 Å². The van der Waals surface area contributed by atoms with Gasteiger partial charge in [0.2, 0.25) is 11.8 Å². The summed E-state index contributed by atoms with van der Waals surface area (Å²) in [7, 11) is 3.91. The molecule has 0 aromatic rings. The maximum absolute atomic E-state index is 14.8. The number of aliphatic carboxylic acids is 1. The molecular weight excluding hydrogens is 707 g/mol. The van der Waals surface area contributed by atoms with Crippen LogP contribution in [0.25, 0.3) is 0 Å². The standard InChI is InChI=1S/C46H73N3O7/c1-26(2)34-30(50)25-46(39(55)48-42(7,8)38(54)47-22-23-49(12)13)21-20-44(10)27(35(34)46)14-15-32-43(9)18-17-33(41(5,6)31(43)16-19-45(32,44)11)56-37(53)29-24-28(36(51)52)40(29,3)4/h26-29,31-33H,14-25H2,1-13H3,(H,47,54)(H,48,55)(H,51,52)/t27?,28-,29+,31-,32+,33-,43-,44+,45+,46+/m0/s1. The Bertz CT molecular complexity index is 1690. The number of carbonyl (C=O) groups excluding carboxylic acids is 4. The number of Topliss-reactive ketones (excluding diaryl/α,β-unsaturated/α-hetero) is 1. The minimum Gasteiger partial charge on any atom is -0.481 e. The quantitative estimate of drug-likeness (QED) is 0.198. The predicted octanol–water partition coefficient (Wildman–Crippen LogP) is 7.20. The summed E-state index contributed by atoms with van der Waals surface area (Å²) in [5, 5.41) is 15.8. The van der Waals surface area contributed by atoms with Gasteiger partial charge in [-0.15, -0.1) is 0 Å². The third-order valence-electron chi connectivity index (χ3n) is 17.8. The Balaban J connectivity index is 1.26. The first kappa shape index (κ1) is 42.8. The van der Waals surface area contributed by atoms with Crippen LogP contribution in [0.15, 0.2) is 11.1 Å². The van der Waals surface area contributed by atoms with Crippen molar-refractivity contribution in [2.45, 2.75) is 152 Å². The van der Waals surface area contributed by atoms with Crippen LogP contribution >= 0.6 is 0 Å². The minimum atomic E-state index is -1.14. The lowest BCUT2D eigenvalue weighted by atomic mass is 9.33. The number of carbonyl (C=O) groups is 5. The highest BCUT2D eigenvalue weighted by Crippen LogP contribution is 2.77. The lowest BCUT2D eigenvalue weighted by molar-refractivity contribution is -0.236. The maximum Gasteiger partial charge on any atom is 0.309 e. The van der Waals surface area contributed by atoms with Crippen molar-refractivity contribution in [3.8, 4) is 0 Å². The van der Waals surface area contributed by atoms with Gasteiger partial charge in [0.25, 0.3) is 0 Å². The number of nitrogens with zero attached hydrogens (tertiary/aromatic N) is 1. The van der Waals surface area contributed by atoms with E-state index in [2.05, 4.69) is 59.1 Å². The Kier molecular flexibility index (Phi) is 10.7. The SMILES string of the molecule is CC(C)C1=C2C3CC[C@@H]4[C@@]5(C)CC[C@H](OC(=O)[C@H]6C[C@@H](C(=O)O)C6(C)C)C(C)(C)[C@@H]5CC[C@@]4(C)[C@]3(C)CC[C@@]2(C(=O)NC(C)(C)C(=O)NCCN(C)C)CC1=O. The van der Waals surface area contributed by atoms with Gasteiger partial charge in [0.05, 0.1) is 17.3 Å². The first-order chi connectivity index (χ1) is 25.7. The van der Waals surface area contributed by atoms with Crippen LogP contribution < -0.4 is 10.6 Å². The number of amides is 2. The highest BCUT2D eigenvalue weighted by molar-refractivity contribution is 6.07. The molecule has 5 saturated carbocycles.